The normalized spacial score (nSPS) is 14.1. The Kier molecular flexibility index (Phi) is 66.9. The summed E-state index contributed by atoms with van der Waals surface area (Å²) < 4.78 is 68.3. The lowest BCUT2D eigenvalue weighted by atomic mass is 10.0. The van der Waals surface area contributed by atoms with Crippen LogP contribution >= 0.6 is 15.6 Å². The molecule has 0 radical (unpaired) electrons. The minimum Gasteiger partial charge on any atom is -0.462 e. The van der Waals surface area contributed by atoms with E-state index in [4.69, 9.17) is 37.0 Å². The maximum atomic E-state index is 13.1. The Morgan fingerprint density at radius 2 is 0.568 bits per heavy atom. The molecule has 0 aliphatic heterocycles. The van der Waals surface area contributed by atoms with Crippen molar-refractivity contribution in [3.05, 3.63) is 24.3 Å². The topological polar surface area (TPSA) is 237 Å². The van der Waals surface area contributed by atoms with Crippen LogP contribution in [-0.4, -0.2) is 96.7 Å². The minimum absolute atomic E-state index is 0.101. The number of phosphoric ester groups is 2. The highest BCUT2D eigenvalue weighted by molar-refractivity contribution is 7.47. The van der Waals surface area contributed by atoms with Crippen molar-refractivity contribution < 1.29 is 80.2 Å². The largest absolute Gasteiger partial charge is 0.472 e. The maximum absolute atomic E-state index is 13.1. The van der Waals surface area contributed by atoms with Crippen LogP contribution in [0.3, 0.4) is 0 Å². The van der Waals surface area contributed by atoms with E-state index in [1.165, 1.54) is 173 Å². The third-order valence-electron chi connectivity index (χ3n) is 17.2. The molecule has 0 bridgehead atoms. The standard InChI is InChI=1S/C76H144O17P2/c1-6-9-12-15-18-21-23-25-27-28-29-30-31-32-33-35-37-39-41-46-51-56-61-75(80)92-71(66-87-74(79)60-55-50-45-40-38-36-34-26-24-22-19-16-13-10-7-2)67-90-94(82,83)88-63-70(77)64-89-95(84,85)91-68-72(65-86-73(78)59-54-49-44-20-17-14-11-8-3)93-76(81)62-57-52-47-42-43-48-53-58-69(4)5/h22,24,26,34,69-72,77H,6-21,23,25,27-33,35-68H2,1-5H3,(H,82,83)(H,84,85)/b24-22-,34-26-/t70-,71-,72-/m1/s1. The molecule has 0 aromatic carbocycles. The van der Waals surface area contributed by atoms with Crippen LogP contribution in [0.2, 0.25) is 0 Å². The minimum atomic E-state index is -4.96. The van der Waals surface area contributed by atoms with Crippen molar-refractivity contribution in [3.63, 3.8) is 0 Å². The van der Waals surface area contributed by atoms with Crippen molar-refractivity contribution in [3.8, 4) is 0 Å². The molecule has 0 aromatic heterocycles. The number of rotatable bonds is 74. The summed E-state index contributed by atoms with van der Waals surface area (Å²) in [6.07, 6.45) is 60.9. The average Bonchev–Trinajstić information content (AvgIpc) is 2.46. The predicted molar refractivity (Wildman–Crippen MR) is 386 cm³/mol. The molecule has 19 heteroatoms. The first-order valence-electron chi connectivity index (χ1n) is 39.0. The Morgan fingerprint density at radius 3 is 0.863 bits per heavy atom. The molecule has 0 amide bonds. The van der Waals surface area contributed by atoms with Gasteiger partial charge in [-0.05, 0) is 57.3 Å². The third-order valence-corrected chi connectivity index (χ3v) is 19.1. The van der Waals surface area contributed by atoms with Crippen LogP contribution in [0.5, 0.6) is 0 Å². The Hall–Kier alpha value is -2.46. The van der Waals surface area contributed by atoms with Crippen molar-refractivity contribution in [2.24, 2.45) is 5.92 Å². The number of hydrogen-bond acceptors (Lipinski definition) is 15. The van der Waals surface area contributed by atoms with Crippen LogP contribution in [-0.2, 0) is 65.4 Å². The summed E-state index contributed by atoms with van der Waals surface area (Å²) in [5.74, 6) is -1.46. The Labute approximate surface area is 580 Å². The molecule has 0 saturated carbocycles. The SMILES string of the molecule is CCCCCC/C=C\C=C/CCCCCCCC(=O)OC[C@H](COP(=O)(O)OC[C@@H](O)COP(=O)(O)OC[C@@H](COC(=O)CCCCCCCCCC)OC(=O)CCCCCCCCCC(C)C)OC(=O)CCCCCCCCCCCCCCCCCCCCCCCC. The number of hydrogen-bond donors (Lipinski definition) is 3. The lowest BCUT2D eigenvalue weighted by Gasteiger charge is -2.21. The van der Waals surface area contributed by atoms with Crippen molar-refractivity contribution in [1.29, 1.82) is 0 Å². The van der Waals surface area contributed by atoms with Crippen LogP contribution in [0.4, 0.5) is 0 Å². The number of phosphoric acid groups is 2. The van der Waals surface area contributed by atoms with Gasteiger partial charge in [-0.15, -0.1) is 0 Å². The van der Waals surface area contributed by atoms with Gasteiger partial charge in [0, 0.05) is 25.7 Å². The number of esters is 4. The van der Waals surface area contributed by atoms with Crippen LogP contribution < -0.4 is 0 Å². The van der Waals surface area contributed by atoms with E-state index < -0.39 is 97.5 Å². The molecule has 0 aliphatic carbocycles. The molecule has 2 unspecified atom stereocenters. The van der Waals surface area contributed by atoms with Gasteiger partial charge >= 0.3 is 39.5 Å². The second-order valence-corrected chi connectivity index (χ2v) is 30.1. The molecule has 0 aliphatic rings. The molecular weight excluding hydrogens is 1250 g/mol. The van der Waals surface area contributed by atoms with Crippen molar-refractivity contribution in [2.45, 2.75) is 393 Å². The molecule has 95 heavy (non-hydrogen) atoms. The Morgan fingerprint density at radius 1 is 0.326 bits per heavy atom. The smallest absolute Gasteiger partial charge is 0.462 e. The van der Waals surface area contributed by atoms with Crippen LogP contribution in [0, 0.1) is 5.92 Å². The zero-order valence-corrected chi connectivity index (χ0v) is 63.1. The molecule has 0 saturated heterocycles. The summed E-state index contributed by atoms with van der Waals surface area (Å²) in [4.78, 5) is 72.6. The summed E-state index contributed by atoms with van der Waals surface area (Å²) in [6, 6.07) is 0. The summed E-state index contributed by atoms with van der Waals surface area (Å²) >= 11 is 0. The van der Waals surface area contributed by atoms with Crippen molar-refractivity contribution in [2.75, 3.05) is 39.6 Å². The fourth-order valence-corrected chi connectivity index (χ4v) is 12.7. The van der Waals surface area contributed by atoms with Crippen LogP contribution in [0.25, 0.3) is 0 Å². The van der Waals surface area contributed by atoms with E-state index in [1.54, 1.807) is 0 Å². The molecular formula is C76H144O17P2. The second kappa shape index (κ2) is 68.7. The number of aliphatic hydroxyl groups excluding tert-OH is 1. The predicted octanol–water partition coefficient (Wildman–Crippen LogP) is 22.0. The van der Waals surface area contributed by atoms with Gasteiger partial charge in [0.1, 0.15) is 19.3 Å². The number of ether oxygens (including phenoxy) is 4. The average molecular weight is 1390 g/mol. The lowest BCUT2D eigenvalue weighted by molar-refractivity contribution is -0.161. The first kappa shape index (κ1) is 92.5. The van der Waals surface area contributed by atoms with Gasteiger partial charge in [0.2, 0.25) is 0 Å². The second-order valence-electron chi connectivity index (χ2n) is 27.2. The van der Waals surface area contributed by atoms with E-state index in [-0.39, 0.29) is 25.7 Å². The van der Waals surface area contributed by atoms with E-state index >= 15 is 0 Å². The quantitative estimate of drug-likeness (QED) is 0.0169. The molecule has 5 atom stereocenters. The third kappa shape index (κ3) is 69.8. The maximum Gasteiger partial charge on any atom is 0.472 e. The fraction of sp³-hybridized carbons (Fsp3) is 0.895. The van der Waals surface area contributed by atoms with Gasteiger partial charge in [-0.25, -0.2) is 9.13 Å². The lowest BCUT2D eigenvalue weighted by Crippen LogP contribution is -2.30. The van der Waals surface area contributed by atoms with E-state index in [9.17, 15) is 43.2 Å². The highest BCUT2D eigenvalue weighted by atomic mass is 31.2. The molecule has 17 nitrogen and oxygen atoms in total. The van der Waals surface area contributed by atoms with Gasteiger partial charge in [-0.2, -0.15) is 0 Å². The summed E-state index contributed by atoms with van der Waals surface area (Å²) in [6.45, 7) is 7.12. The van der Waals surface area contributed by atoms with Crippen LogP contribution in [0.1, 0.15) is 375 Å². The van der Waals surface area contributed by atoms with E-state index in [0.717, 1.165) is 116 Å². The van der Waals surface area contributed by atoms with Gasteiger partial charge in [0.25, 0.3) is 0 Å². The summed E-state index contributed by atoms with van der Waals surface area (Å²) in [7, 11) is -9.91. The Balaban J connectivity index is 5.19. The first-order valence-corrected chi connectivity index (χ1v) is 41.9. The summed E-state index contributed by atoms with van der Waals surface area (Å²) in [5.41, 5.74) is 0. The van der Waals surface area contributed by atoms with Gasteiger partial charge in [0.15, 0.2) is 12.2 Å². The van der Waals surface area contributed by atoms with E-state index in [1.807, 2.05) is 0 Å². The number of allylic oxidation sites excluding steroid dienone is 4. The molecule has 0 fully saturated rings. The monoisotopic (exact) mass is 1390 g/mol. The fourth-order valence-electron chi connectivity index (χ4n) is 11.2. The number of carbonyl (C=O) groups is 4. The molecule has 3 N–H and O–H groups in total. The van der Waals surface area contributed by atoms with Crippen molar-refractivity contribution >= 4 is 39.5 Å². The van der Waals surface area contributed by atoms with E-state index in [0.29, 0.717) is 31.6 Å². The highest BCUT2D eigenvalue weighted by Crippen LogP contribution is 2.45. The molecule has 0 spiro atoms. The van der Waals surface area contributed by atoms with Gasteiger partial charge in [-0.3, -0.25) is 37.3 Å². The zero-order chi connectivity index (χ0) is 69.8. The summed E-state index contributed by atoms with van der Waals surface area (Å²) in [5, 5.41) is 10.6. The zero-order valence-electron chi connectivity index (χ0n) is 61.3. The van der Waals surface area contributed by atoms with Gasteiger partial charge in [-0.1, -0.05) is 322 Å². The van der Waals surface area contributed by atoms with E-state index in [2.05, 4.69) is 58.9 Å². The highest BCUT2D eigenvalue weighted by Gasteiger charge is 2.30. The molecule has 0 rings (SSSR count). The number of aliphatic hydroxyl groups is 1. The Bertz CT molecular complexity index is 1920. The first-order chi connectivity index (χ1) is 46.0. The van der Waals surface area contributed by atoms with Crippen LogP contribution in [0.15, 0.2) is 24.3 Å². The molecule has 0 heterocycles. The molecule has 0 aromatic rings. The van der Waals surface area contributed by atoms with Gasteiger partial charge < -0.3 is 33.8 Å². The molecule has 560 valence electrons. The number of carbonyl (C=O) groups excluding carboxylic acids is 4. The van der Waals surface area contributed by atoms with Crippen molar-refractivity contribution in [1.82, 2.24) is 0 Å². The van der Waals surface area contributed by atoms with Gasteiger partial charge in [0.05, 0.1) is 26.4 Å². The number of unbranched alkanes of at least 4 members (excludes halogenated alkanes) is 43.